The summed E-state index contributed by atoms with van der Waals surface area (Å²) in [7, 11) is 0. The highest BCUT2D eigenvalue weighted by Gasteiger charge is 2.17. The molecule has 0 aliphatic heterocycles. The van der Waals surface area contributed by atoms with Crippen molar-refractivity contribution < 1.29 is 14.5 Å². The minimum Gasteiger partial charge on any atom is -0.325 e. The SMILES string of the molecule is CC(=O)Nc1ccccc1Sc1ccc(/C=N/NC(=O)c2cccc(Cl)c2)cc1[N+](=O)[O-]. The van der Waals surface area contributed by atoms with Gasteiger partial charge in [0.1, 0.15) is 0 Å². The molecule has 0 radical (unpaired) electrons. The summed E-state index contributed by atoms with van der Waals surface area (Å²) in [6.45, 7) is 1.39. The summed E-state index contributed by atoms with van der Waals surface area (Å²) < 4.78 is 0. The fraction of sp³-hybridized carbons (Fsp3) is 0.0455. The number of rotatable bonds is 7. The van der Waals surface area contributed by atoms with Crippen LogP contribution >= 0.6 is 23.4 Å². The summed E-state index contributed by atoms with van der Waals surface area (Å²) in [5, 5.41) is 18.6. The number of hydrazone groups is 1. The van der Waals surface area contributed by atoms with Crippen LogP contribution in [0.25, 0.3) is 0 Å². The van der Waals surface area contributed by atoms with Crippen LogP contribution in [0, 0.1) is 10.1 Å². The molecule has 0 atom stereocenters. The van der Waals surface area contributed by atoms with Gasteiger partial charge in [-0.05, 0) is 36.4 Å². The van der Waals surface area contributed by atoms with Gasteiger partial charge in [-0.2, -0.15) is 5.10 Å². The largest absolute Gasteiger partial charge is 0.325 e. The van der Waals surface area contributed by atoms with E-state index in [0.717, 1.165) is 11.8 Å². The van der Waals surface area contributed by atoms with Gasteiger partial charge in [-0.25, -0.2) is 5.43 Å². The Labute approximate surface area is 192 Å². The number of halogens is 1. The average Bonchev–Trinajstić information content (AvgIpc) is 2.75. The standard InChI is InChI=1S/C22H17ClN4O4S/c1-14(28)25-18-7-2-3-8-20(18)32-21-10-9-15(11-19(21)27(30)31)13-24-26-22(29)16-5-4-6-17(23)12-16/h2-13H,1H3,(H,25,28)(H,26,29)/b24-13+. The quantitative estimate of drug-likeness (QED) is 0.284. The third kappa shape index (κ3) is 6.16. The van der Waals surface area contributed by atoms with E-state index in [4.69, 9.17) is 11.6 Å². The first-order valence-electron chi connectivity index (χ1n) is 9.25. The van der Waals surface area contributed by atoms with E-state index in [1.54, 1.807) is 54.6 Å². The third-order valence-electron chi connectivity index (χ3n) is 4.06. The molecule has 3 rings (SSSR count). The Morgan fingerprint density at radius 2 is 1.84 bits per heavy atom. The normalized spacial score (nSPS) is 10.7. The number of nitrogens with one attached hydrogen (secondary N) is 2. The van der Waals surface area contributed by atoms with Gasteiger partial charge < -0.3 is 5.32 Å². The highest BCUT2D eigenvalue weighted by Crippen LogP contribution is 2.38. The predicted octanol–water partition coefficient (Wildman–Crippen LogP) is 5.12. The molecule has 3 aromatic rings. The monoisotopic (exact) mass is 468 g/mol. The molecule has 0 aliphatic carbocycles. The lowest BCUT2D eigenvalue weighted by molar-refractivity contribution is -0.387. The van der Waals surface area contributed by atoms with Crippen LogP contribution in [0.3, 0.4) is 0 Å². The minimum atomic E-state index is -0.495. The van der Waals surface area contributed by atoms with Gasteiger partial charge in [-0.15, -0.1) is 0 Å². The lowest BCUT2D eigenvalue weighted by Crippen LogP contribution is -2.17. The van der Waals surface area contributed by atoms with Crippen molar-refractivity contribution in [2.24, 2.45) is 5.10 Å². The molecule has 32 heavy (non-hydrogen) atoms. The van der Waals surface area contributed by atoms with E-state index in [2.05, 4.69) is 15.8 Å². The lowest BCUT2D eigenvalue weighted by atomic mass is 10.2. The minimum absolute atomic E-state index is 0.127. The molecule has 0 unspecified atom stereocenters. The Morgan fingerprint density at radius 3 is 2.56 bits per heavy atom. The van der Waals surface area contributed by atoms with Crippen LogP contribution in [0.1, 0.15) is 22.8 Å². The fourth-order valence-electron chi connectivity index (χ4n) is 2.67. The second-order valence-electron chi connectivity index (χ2n) is 6.47. The Bertz CT molecular complexity index is 1220. The van der Waals surface area contributed by atoms with Crippen LogP contribution in [0.5, 0.6) is 0 Å². The number of nitrogens with zero attached hydrogens (tertiary/aromatic N) is 2. The summed E-state index contributed by atoms with van der Waals surface area (Å²) in [6, 6.07) is 18.0. The summed E-state index contributed by atoms with van der Waals surface area (Å²) in [5.41, 5.74) is 3.57. The Morgan fingerprint density at radius 1 is 1.06 bits per heavy atom. The molecule has 0 bridgehead atoms. The van der Waals surface area contributed by atoms with Crippen LogP contribution in [-0.4, -0.2) is 23.0 Å². The van der Waals surface area contributed by atoms with Gasteiger partial charge in [-0.1, -0.05) is 47.6 Å². The molecule has 0 aliphatic rings. The summed E-state index contributed by atoms with van der Waals surface area (Å²) >= 11 is 7.03. The van der Waals surface area contributed by atoms with Gasteiger partial charge in [0.05, 0.1) is 21.7 Å². The Hall–Kier alpha value is -3.69. The number of nitro groups is 1. The van der Waals surface area contributed by atoms with E-state index in [1.807, 2.05) is 0 Å². The molecule has 0 spiro atoms. The number of para-hydroxylation sites is 1. The molecule has 2 amide bonds. The molecule has 8 nitrogen and oxygen atoms in total. The van der Waals surface area contributed by atoms with Gasteiger partial charge in [0, 0.05) is 34.0 Å². The Kier molecular flexibility index (Phi) is 7.58. The lowest BCUT2D eigenvalue weighted by Gasteiger charge is -2.10. The number of amides is 2. The maximum atomic E-state index is 12.1. The van der Waals surface area contributed by atoms with E-state index in [-0.39, 0.29) is 11.6 Å². The number of benzene rings is 3. The second-order valence-corrected chi connectivity index (χ2v) is 7.99. The van der Waals surface area contributed by atoms with Crippen molar-refractivity contribution >= 4 is 52.8 Å². The number of anilines is 1. The van der Waals surface area contributed by atoms with Gasteiger partial charge in [0.25, 0.3) is 11.6 Å². The van der Waals surface area contributed by atoms with Crippen molar-refractivity contribution in [2.75, 3.05) is 5.32 Å². The van der Waals surface area contributed by atoms with Gasteiger partial charge in [0.2, 0.25) is 5.91 Å². The molecular formula is C22H17ClN4O4S. The first-order chi connectivity index (χ1) is 15.3. The van der Waals surface area contributed by atoms with Gasteiger partial charge >= 0.3 is 0 Å². The van der Waals surface area contributed by atoms with Crippen molar-refractivity contribution in [1.82, 2.24) is 5.43 Å². The molecule has 162 valence electrons. The first kappa shape index (κ1) is 23.0. The average molecular weight is 469 g/mol. The van der Waals surface area contributed by atoms with E-state index < -0.39 is 10.8 Å². The van der Waals surface area contributed by atoms with E-state index >= 15 is 0 Å². The summed E-state index contributed by atoms with van der Waals surface area (Å²) in [6.07, 6.45) is 1.31. The van der Waals surface area contributed by atoms with Crippen LogP contribution < -0.4 is 10.7 Å². The molecule has 2 N–H and O–H groups in total. The molecule has 0 fully saturated rings. The van der Waals surface area contributed by atoms with E-state index in [0.29, 0.717) is 31.6 Å². The Balaban J connectivity index is 1.78. The number of nitro benzene ring substituents is 1. The predicted molar refractivity (Wildman–Crippen MR) is 124 cm³/mol. The second kappa shape index (κ2) is 10.6. The zero-order valence-electron chi connectivity index (χ0n) is 16.7. The number of carbonyl (C=O) groups is 2. The topological polar surface area (TPSA) is 114 Å². The fourth-order valence-corrected chi connectivity index (χ4v) is 3.85. The van der Waals surface area contributed by atoms with Crippen LogP contribution in [0.2, 0.25) is 5.02 Å². The molecule has 0 saturated carbocycles. The van der Waals surface area contributed by atoms with Crippen molar-refractivity contribution in [2.45, 2.75) is 16.7 Å². The molecular weight excluding hydrogens is 452 g/mol. The van der Waals surface area contributed by atoms with Crippen LogP contribution in [0.15, 0.2) is 81.6 Å². The zero-order valence-corrected chi connectivity index (χ0v) is 18.3. The highest BCUT2D eigenvalue weighted by molar-refractivity contribution is 7.99. The van der Waals surface area contributed by atoms with Crippen LogP contribution in [0.4, 0.5) is 11.4 Å². The molecule has 0 saturated heterocycles. The summed E-state index contributed by atoms with van der Waals surface area (Å²) in [5.74, 6) is -0.695. The zero-order chi connectivity index (χ0) is 23.1. The first-order valence-corrected chi connectivity index (χ1v) is 10.4. The maximum Gasteiger partial charge on any atom is 0.283 e. The van der Waals surface area contributed by atoms with E-state index in [1.165, 1.54) is 25.3 Å². The number of carbonyl (C=O) groups excluding carboxylic acids is 2. The number of hydrogen-bond donors (Lipinski definition) is 2. The van der Waals surface area contributed by atoms with Crippen molar-refractivity contribution in [3.05, 3.63) is 93.0 Å². The third-order valence-corrected chi connectivity index (χ3v) is 5.44. The van der Waals surface area contributed by atoms with E-state index in [9.17, 15) is 19.7 Å². The highest BCUT2D eigenvalue weighted by atomic mass is 35.5. The van der Waals surface area contributed by atoms with Gasteiger partial charge in [-0.3, -0.25) is 19.7 Å². The summed E-state index contributed by atoms with van der Waals surface area (Å²) in [4.78, 5) is 35.7. The molecule has 3 aromatic carbocycles. The van der Waals surface area contributed by atoms with Crippen molar-refractivity contribution in [1.29, 1.82) is 0 Å². The van der Waals surface area contributed by atoms with Crippen molar-refractivity contribution in [3.8, 4) is 0 Å². The van der Waals surface area contributed by atoms with Crippen molar-refractivity contribution in [3.63, 3.8) is 0 Å². The molecule has 0 heterocycles. The molecule has 10 heteroatoms. The maximum absolute atomic E-state index is 12.1. The van der Waals surface area contributed by atoms with Crippen LogP contribution in [-0.2, 0) is 4.79 Å². The number of hydrogen-bond acceptors (Lipinski definition) is 6. The smallest absolute Gasteiger partial charge is 0.283 e. The molecule has 0 aromatic heterocycles. The van der Waals surface area contributed by atoms with Gasteiger partial charge in [0.15, 0.2) is 0 Å².